The van der Waals surface area contributed by atoms with Gasteiger partial charge in [0.25, 0.3) is 0 Å². The van der Waals surface area contributed by atoms with Gasteiger partial charge >= 0.3 is 0 Å². The van der Waals surface area contributed by atoms with Crippen LogP contribution in [-0.2, 0) is 23.7 Å². The second-order valence-corrected chi connectivity index (χ2v) is 24.5. The van der Waals surface area contributed by atoms with Crippen LogP contribution >= 0.6 is 0 Å². The summed E-state index contributed by atoms with van der Waals surface area (Å²) in [5, 5.41) is 7.70. The van der Waals surface area contributed by atoms with E-state index < -0.39 is 10.8 Å². The van der Waals surface area contributed by atoms with Gasteiger partial charge in [-0.05, 0) is 199 Å². The van der Waals surface area contributed by atoms with Crippen LogP contribution in [0.25, 0.3) is 54.6 Å². The van der Waals surface area contributed by atoms with Crippen molar-refractivity contribution in [2.75, 3.05) is 9.80 Å². The number of para-hydroxylation sites is 2. The highest BCUT2D eigenvalue weighted by atomic mass is 15.2. The Kier molecular flexibility index (Phi) is 12.5. The molecule has 0 radical (unpaired) electrons. The van der Waals surface area contributed by atoms with Crippen LogP contribution in [0.15, 0.2) is 279 Å². The Balaban J connectivity index is 0.968. The summed E-state index contributed by atoms with van der Waals surface area (Å²) in [6.07, 6.45) is 1.74. The van der Waals surface area contributed by atoms with Crippen LogP contribution in [0.4, 0.5) is 34.1 Å². The van der Waals surface area contributed by atoms with Crippen molar-refractivity contribution < 1.29 is 0 Å². The van der Waals surface area contributed by atoms with Gasteiger partial charge in [0.15, 0.2) is 0 Å². The second-order valence-electron chi connectivity index (χ2n) is 24.5. The molecule has 2 aliphatic rings. The topological polar surface area (TPSA) is 6.48 Å². The van der Waals surface area contributed by atoms with Crippen molar-refractivity contribution in [2.24, 2.45) is 0 Å². The summed E-state index contributed by atoms with van der Waals surface area (Å²) in [6, 6.07) is 106. The van der Waals surface area contributed by atoms with Crippen LogP contribution in [0.3, 0.4) is 0 Å². The molecular formula is C86H68N2. The van der Waals surface area contributed by atoms with E-state index in [1.54, 1.807) is 0 Å². The molecule has 0 saturated heterocycles. The Bertz CT molecular complexity index is 4630. The third-order valence-corrected chi connectivity index (χ3v) is 20.1. The molecule has 2 aliphatic carbocycles. The van der Waals surface area contributed by atoms with E-state index in [0.717, 1.165) is 24.2 Å². The number of hydrogen-bond acceptors (Lipinski definition) is 2. The molecule has 0 fully saturated rings. The molecule has 16 rings (SSSR count). The SMILES string of the molecule is CCc1cc(N(c2ccccc2)c2c(C)ccc(C3(c4ccccc4)c4ccccc4-c4ccccc43)c2C)c2ccc3c(CC)cc(N(c4ccccc4)c4c(C)ccc(C5(c6ccccc6)c6ccccc6-c6ccccc65)c4C)c4ccc1c2c34. The van der Waals surface area contributed by atoms with Gasteiger partial charge in [-0.1, -0.05) is 257 Å². The summed E-state index contributed by atoms with van der Waals surface area (Å²) < 4.78 is 0. The summed E-state index contributed by atoms with van der Waals surface area (Å²) in [7, 11) is 0. The fourth-order valence-corrected chi connectivity index (χ4v) is 16.5. The number of fused-ring (bicyclic) bond motifs is 6. The Morgan fingerprint density at radius 1 is 0.284 bits per heavy atom. The maximum Gasteiger partial charge on any atom is 0.0716 e. The molecule has 0 bridgehead atoms. The predicted octanol–water partition coefficient (Wildman–Crippen LogP) is 22.6. The summed E-state index contributed by atoms with van der Waals surface area (Å²) in [6.45, 7) is 14.1. The highest BCUT2D eigenvalue weighted by Gasteiger charge is 2.49. The summed E-state index contributed by atoms with van der Waals surface area (Å²) in [4.78, 5) is 5.23. The monoisotopic (exact) mass is 1130 g/mol. The number of nitrogens with zero attached hydrogens (tertiary/aromatic N) is 2. The van der Waals surface area contributed by atoms with Crippen molar-refractivity contribution in [1.29, 1.82) is 0 Å². The zero-order valence-electron chi connectivity index (χ0n) is 50.9. The van der Waals surface area contributed by atoms with Crippen LogP contribution in [0, 0.1) is 27.7 Å². The minimum atomic E-state index is -0.567. The maximum atomic E-state index is 2.61. The lowest BCUT2D eigenvalue weighted by molar-refractivity contribution is 0.760. The molecule has 0 atom stereocenters. The zero-order chi connectivity index (χ0) is 59.4. The fourth-order valence-electron chi connectivity index (χ4n) is 16.5. The molecule has 0 unspecified atom stereocenters. The molecule has 0 heterocycles. The molecule has 422 valence electrons. The quantitative estimate of drug-likeness (QED) is 0.113. The van der Waals surface area contributed by atoms with Gasteiger partial charge in [-0.2, -0.15) is 0 Å². The molecule has 0 aliphatic heterocycles. The number of rotatable bonds is 12. The van der Waals surface area contributed by atoms with Crippen molar-refractivity contribution in [3.63, 3.8) is 0 Å². The van der Waals surface area contributed by atoms with Gasteiger partial charge in [-0.15, -0.1) is 0 Å². The van der Waals surface area contributed by atoms with Crippen LogP contribution in [0.1, 0.15) is 91.7 Å². The van der Waals surface area contributed by atoms with Crippen LogP contribution in [0.2, 0.25) is 0 Å². The highest BCUT2D eigenvalue weighted by molar-refractivity contribution is 6.29. The largest absolute Gasteiger partial charge is 0.309 e. The molecule has 14 aromatic rings. The van der Waals surface area contributed by atoms with Crippen molar-refractivity contribution in [2.45, 2.75) is 65.2 Å². The van der Waals surface area contributed by atoms with E-state index in [0.29, 0.717) is 0 Å². The van der Waals surface area contributed by atoms with E-state index in [1.807, 2.05) is 0 Å². The first-order chi connectivity index (χ1) is 43.3. The predicted molar refractivity (Wildman–Crippen MR) is 372 cm³/mol. The Labute approximate surface area is 517 Å². The second kappa shape index (κ2) is 20.7. The average Bonchev–Trinajstić information content (AvgIpc) is 1.41. The Morgan fingerprint density at radius 2 is 0.580 bits per heavy atom. The molecule has 88 heavy (non-hydrogen) atoms. The van der Waals surface area contributed by atoms with Gasteiger partial charge < -0.3 is 9.80 Å². The Morgan fingerprint density at radius 3 is 0.909 bits per heavy atom. The van der Waals surface area contributed by atoms with E-state index in [4.69, 9.17) is 0 Å². The van der Waals surface area contributed by atoms with Gasteiger partial charge in [0.05, 0.1) is 33.6 Å². The third kappa shape index (κ3) is 7.48. The molecule has 0 aromatic heterocycles. The van der Waals surface area contributed by atoms with Crippen molar-refractivity contribution in [3.05, 3.63) is 357 Å². The van der Waals surface area contributed by atoms with E-state index >= 15 is 0 Å². The molecule has 2 nitrogen and oxygen atoms in total. The normalized spacial score (nSPS) is 13.4. The van der Waals surface area contributed by atoms with Crippen molar-refractivity contribution in [3.8, 4) is 22.3 Å². The summed E-state index contributed by atoms with van der Waals surface area (Å²) >= 11 is 0. The lowest BCUT2D eigenvalue weighted by Crippen LogP contribution is -2.30. The van der Waals surface area contributed by atoms with Crippen molar-refractivity contribution in [1.82, 2.24) is 0 Å². The zero-order valence-corrected chi connectivity index (χ0v) is 50.9. The highest BCUT2D eigenvalue weighted by Crippen LogP contribution is 2.61. The van der Waals surface area contributed by atoms with Crippen LogP contribution < -0.4 is 9.80 Å². The summed E-state index contributed by atoms with van der Waals surface area (Å²) in [5.41, 5.74) is 29.0. The lowest BCUT2D eigenvalue weighted by atomic mass is 9.66. The van der Waals surface area contributed by atoms with Gasteiger partial charge in [-0.25, -0.2) is 0 Å². The van der Waals surface area contributed by atoms with E-state index in [1.165, 1.54) is 155 Å². The molecule has 14 aromatic carbocycles. The molecule has 0 amide bonds. The van der Waals surface area contributed by atoms with Gasteiger partial charge in [0.1, 0.15) is 0 Å². The Hall–Kier alpha value is -10.3. The number of anilines is 6. The lowest BCUT2D eigenvalue weighted by Gasteiger charge is -2.38. The minimum Gasteiger partial charge on any atom is -0.309 e. The molecule has 0 spiro atoms. The third-order valence-electron chi connectivity index (χ3n) is 20.1. The molecule has 2 heteroatoms. The molecule has 0 saturated carbocycles. The first kappa shape index (κ1) is 53.2. The molecular weight excluding hydrogens is 1060 g/mol. The first-order valence-electron chi connectivity index (χ1n) is 31.5. The minimum absolute atomic E-state index is 0.567. The number of hydrogen-bond donors (Lipinski definition) is 0. The van der Waals surface area contributed by atoms with Gasteiger partial charge in [-0.3, -0.25) is 0 Å². The number of aryl methyl sites for hydroxylation is 4. The first-order valence-corrected chi connectivity index (χ1v) is 31.5. The van der Waals surface area contributed by atoms with E-state index in [-0.39, 0.29) is 0 Å². The van der Waals surface area contributed by atoms with Gasteiger partial charge in [0, 0.05) is 22.1 Å². The maximum absolute atomic E-state index is 2.61. The van der Waals surface area contributed by atoms with E-state index in [9.17, 15) is 0 Å². The summed E-state index contributed by atoms with van der Waals surface area (Å²) in [5.74, 6) is 0. The average molecular weight is 1130 g/mol. The molecule has 0 N–H and O–H groups in total. The van der Waals surface area contributed by atoms with Gasteiger partial charge in [0.2, 0.25) is 0 Å². The van der Waals surface area contributed by atoms with Crippen LogP contribution in [-0.4, -0.2) is 0 Å². The number of benzene rings is 14. The smallest absolute Gasteiger partial charge is 0.0716 e. The van der Waals surface area contributed by atoms with Crippen molar-refractivity contribution >= 4 is 66.4 Å². The fraction of sp³-hybridized carbons (Fsp3) is 0.116. The van der Waals surface area contributed by atoms with E-state index in [2.05, 4.69) is 330 Å². The van der Waals surface area contributed by atoms with Crippen LogP contribution in [0.5, 0.6) is 0 Å². The standard InChI is InChI=1S/C86H68N2/c1-7-59-53-79(87(63-33-17-11-18-34-63)83-55(3)45-51-73(57(83)5)85(61-29-13-9-14-30-61)75-41-25-21-37-67(75)68-38-22-26-42-76(68)85)71-50-48-66-60(8-2)54-80(72-49-47-65(59)81(71)82(66)72)88(64-35-19-12-20-36-64)84-56(4)46-52-74(58(84)6)86(62-31-15-10-16-32-62)77-43-27-23-39-69(77)70-40-24-28-44-78(70)86/h9-54H,7-8H2,1-6H3.